The zero-order valence-electron chi connectivity index (χ0n) is 15.1. The molecule has 1 aromatic carbocycles. The first-order chi connectivity index (χ1) is 12.4. The van der Waals surface area contributed by atoms with Crippen LogP contribution in [0.5, 0.6) is 5.75 Å². The van der Waals surface area contributed by atoms with Gasteiger partial charge in [-0.25, -0.2) is 13.1 Å². The van der Waals surface area contributed by atoms with E-state index >= 15 is 0 Å². The highest BCUT2D eigenvalue weighted by Crippen LogP contribution is 2.45. The average Bonchev–Trinajstić information content (AvgIpc) is 3.33. The van der Waals surface area contributed by atoms with Crippen molar-refractivity contribution in [2.45, 2.75) is 43.6 Å². The molecule has 0 spiro atoms. The Morgan fingerprint density at radius 2 is 2.12 bits per heavy atom. The topological polar surface area (TPSA) is 88.8 Å². The molecule has 0 radical (unpaired) electrons. The van der Waals surface area contributed by atoms with Gasteiger partial charge >= 0.3 is 0 Å². The Labute approximate surface area is 154 Å². The van der Waals surface area contributed by atoms with Crippen LogP contribution in [0.4, 0.5) is 0 Å². The van der Waals surface area contributed by atoms with E-state index in [-0.39, 0.29) is 17.4 Å². The Bertz CT molecular complexity index is 843. The van der Waals surface area contributed by atoms with E-state index in [9.17, 15) is 13.5 Å². The number of aryl methyl sites for hydroxylation is 1. The highest BCUT2D eigenvalue weighted by atomic mass is 32.2. The number of benzene rings is 1. The standard InChI is InChI=1S/C19H25NO5S/c1-3-10-24-17-9-8-16(12-14(17)2)26(22,23)20-13-19(21,15-6-7-15)18-5-4-11-25-18/h4-5,8-9,11-12,15,20-21H,3,6-7,10,13H2,1-2H3. The normalized spacial score (nSPS) is 17.0. The Hall–Kier alpha value is -1.83. The third kappa shape index (κ3) is 3.95. The zero-order chi connectivity index (χ0) is 18.8. The van der Waals surface area contributed by atoms with Crippen LogP contribution in [0, 0.1) is 12.8 Å². The summed E-state index contributed by atoms with van der Waals surface area (Å²) in [7, 11) is -3.76. The van der Waals surface area contributed by atoms with Crippen molar-refractivity contribution in [2.75, 3.05) is 13.2 Å². The molecule has 0 bridgehead atoms. The summed E-state index contributed by atoms with van der Waals surface area (Å²) in [4.78, 5) is 0.149. The number of furan rings is 1. The van der Waals surface area contributed by atoms with Crippen molar-refractivity contribution in [3.8, 4) is 5.75 Å². The van der Waals surface area contributed by atoms with Crippen LogP contribution < -0.4 is 9.46 Å². The third-order valence-corrected chi connectivity index (χ3v) is 6.05. The van der Waals surface area contributed by atoms with Gasteiger partial charge in [0.1, 0.15) is 17.1 Å². The molecule has 2 aromatic rings. The molecule has 142 valence electrons. The van der Waals surface area contributed by atoms with Crippen molar-refractivity contribution in [3.05, 3.63) is 47.9 Å². The minimum absolute atomic E-state index is 0.00269. The molecule has 0 saturated heterocycles. The van der Waals surface area contributed by atoms with Gasteiger partial charge in [0.05, 0.1) is 17.8 Å². The number of hydrogen-bond donors (Lipinski definition) is 2. The van der Waals surface area contributed by atoms with Gasteiger partial charge in [-0.1, -0.05) is 6.92 Å². The Kier molecular flexibility index (Phi) is 5.41. The van der Waals surface area contributed by atoms with Crippen molar-refractivity contribution in [2.24, 2.45) is 5.92 Å². The van der Waals surface area contributed by atoms with Gasteiger partial charge in [0.15, 0.2) is 0 Å². The van der Waals surface area contributed by atoms with Crippen molar-refractivity contribution < 1.29 is 22.7 Å². The number of hydrogen-bond acceptors (Lipinski definition) is 5. The summed E-state index contributed by atoms with van der Waals surface area (Å²) in [5, 5.41) is 11.0. The molecule has 1 aliphatic rings. The zero-order valence-corrected chi connectivity index (χ0v) is 15.9. The van der Waals surface area contributed by atoms with Gasteiger partial charge in [0.2, 0.25) is 10.0 Å². The molecular formula is C19H25NO5S. The lowest BCUT2D eigenvalue weighted by Crippen LogP contribution is -2.42. The first kappa shape index (κ1) is 18.9. The first-order valence-corrected chi connectivity index (χ1v) is 10.3. The van der Waals surface area contributed by atoms with Gasteiger partial charge in [0, 0.05) is 6.54 Å². The lowest BCUT2D eigenvalue weighted by atomic mass is 9.95. The maximum Gasteiger partial charge on any atom is 0.240 e. The van der Waals surface area contributed by atoms with Crippen LogP contribution in [0.1, 0.15) is 37.5 Å². The molecule has 26 heavy (non-hydrogen) atoms. The van der Waals surface area contributed by atoms with Crippen LogP contribution in [0.3, 0.4) is 0 Å². The molecule has 1 saturated carbocycles. The van der Waals surface area contributed by atoms with Crippen molar-refractivity contribution in [1.82, 2.24) is 4.72 Å². The minimum atomic E-state index is -3.76. The van der Waals surface area contributed by atoms with Gasteiger partial charge in [-0.2, -0.15) is 0 Å². The smallest absolute Gasteiger partial charge is 0.240 e. The Balaban J connectivity index is 1.75. The lowest BCUT2D eigenvalue weighted by Gasteiger charge is -2.26. The molecule has 0 aliphatic heterocycles. The van der Waals surface area contributed by atoms with E-state index in [4.69, 9.17) is 9.15 Å². The SMILES string of the molecule is CCCOc1ccc(S(=O)(=O)NCC(O)(c2ccco2)C2CC2)cc1C. The summed E-state index contributed by atoms with van der Waals surface area (Å²) in [6.07, 6.45) is 4.06. The molecule has 1 atom stereocenters. The largest absolute Gasteiger partial charge is 0.493 e. The maximum absolute atomic E-state index is 12.7. The third-order valence-electron chi connectivity index (χ3n) is 4.65. The second-order valence-electron chi connectivity index (χ2n) is 6.78. The van der Waals surface area contributed by atoms with Crippen LogP contribution in [0.25, 0.3) is 0 Å². The predicted molar refractivity (Wildman–Crippen MR) is 97.5 cm³/mol. The second kappa shape index (κ2) is 7.42. The van der Waals surface area contributed by atoms with Crippen LogP contribution in [-0.2, 0) is 15.6 Å². The van der Waals surface area contributed by atoms with Gasteiger partial charge in [-0.15, -0.1) is 0 Å². The number of rotatable bonds is 9. The van der Waals surface area contributed by atoms with E-state index in [0.717, 1.165) is 24.8 Å². The molecule has 2 N–H and O–H groups in total. The van der Waals surface area contributed by atoms with Crippen LogP contribution in [0.2, 0.25) is 0 Å². The minimum Gasteiger partial charge on any atom is -0.493 e. The fourth-order valence-electron chi connectivity index (χ4n) is 2.97. The fraction of sp³-hybridized carbons (Fsp3) is 0.474. The molecule has 1 fully saturated rings. The van der Waals surface area contributed by atoms with Crippen LogP contribution in [-0.4, -0.2) is 26.7 Å². The van der Waals surface area contributed by atoms with Crippen molar-refractivity contribution in [1.29, 1.82) is 0 Å². The second-order valence-corrected chi connectivity index (χ2v) is 8.54. The van der Waals surface area contributed by atoms with E-state index in [1.165, 1.54) is 12.3 Å². The lowest BCUT2D eigenvalue weighted by molar-refractivity contribution is -0.00224. The number of nitrogens with one attached hydrogen (secondary N) is 1. The van der Waals surface area contributed by atoms with E-state index in [2.05, 4.69) is 4.72 Å². The molecule has 1 aliphatic carbocycles. The molecule has 7 heteroatoms. The van der Waals surface area contributed by atoms with E-state index < -0.39 is 15.6 Å². The molecule has 1 heterocycles. The molecule has 1 unspecified atom stereocenters. The van der Waals surface area contributed by atoms with Gasteiger partial charge in [-0.05, 0) is 68.0 Å². The molecule has 6 nitrogen and oxygen atoms in total. The van der Waals surface area contributed by atoms with E-state index in [1.54, 1.807) is 24.3 Å². The number of aliphatic hydroxyl groups is 1. The summed E-state index contributed by atoms with van der Waals surface area (Å²) >= 11 is 0. The fourth-order valence-corrected chi connectivity index (χ4v) is 4.13. The van der Waals surface area contributed by atoms with Crippen molar-refractivity contribution >= 4 is 10.0 Å². The van der Waals surface area contributed by atoms with Gasteiger partial charge in [-0.3, -0.25) is 0 Å². The predicted octanol–water partition coefficient (Wildman–Crippen LogP) is 2.95. The number of sulfonamides is 1. The summed E-state index contributed by atoms with van der Waals surface area (Å²) in [5.41, 5.74) is -0.569. The maximum atomic E-state index is 12.7. The Morgan fingerprint density at radius 3 is 2.69 bits per heavy atom. The van der Waals surface area contributed by atoms with Crippen LogP contribution >= 0.6 is 0 Å². The van der Waals surface area contributed by atoms with Crippen molar-refractivity contribution in [3.63, 3.8) is 0 Å². The summed E-state index contributed by atoms with van der Waals surface area (Å²) in [5.74, 6) is 1.07. The summed E-state index contributed by atoms with van der Waals surface area (Å²) in [6, 6.07) is 8.13. The molecule has 3 rings (SSSR count). The highest BCUT2D eigenvalue weighted by Gasteiger charge is 2.47. The van der Waals surface area contributed by atoms with Crippen LogP contribution in [0.15, 0.2) is 45.9 Å². The molecule has 0 amide bonds. The average molecular weight is 379 g/mol. The first-order valence-electron chi connectivity index (χ1n) is 8.86. The molecular weight excluding hydrogens is 354 g/mol. The highest BCUT2D eigenvalue weighted by molar-refractivity contribution is 7.89. The summed E-state index contributed by atoms with van der Waals surface area (Å²) < 4.78 is 38.8. The monoisotopic (exact) mass is 379 g/mol. The molecule has 1 aromatic heterocycles. The van der Waals surface area contributed by atoms with E-state index in [1.807, 2.05) is 13.8 Å². The Morgan fingerprint density at radius 1 is 1.35 bits per heavy atom. The van der Waals surface area contributed by atoms with E-state index in [0.29, 0.717) is 18.1 Å². The number of ether oxygens (including phenoxy) is 1. The summed E-state index contributed by atoms with van der Waals surface area (Å²) in [6.45, 7) is 4.29. The quantitative estimate of drug-likeness (QED) is 0.699. The van der Waals surface area contributed by atoms with Gasteiger partial charge in [0.25, 0.3) is 0 Å². The van der Waals surface area contributed by atoms with Gasteiger partial charge < -0.3 is 14.3 Å².